The van der Waals surface area contributed by atoms with E-state index in [-0.39, 0.29) is 5.56 Å². The molecule has 5 rings (SSSR count). The number of aryl methyl sites for hydroxylation is 3. The lowest BCUT2D eigenvalue weighted by atomic mass is 9.98. The Morgan fingerprint density at radius 1 is 0.868 bits per heavy atom. The Hall–Kier alpha value is -4.22. The van der Waals surface area contributed by atoms with Gasteiger partial charge in [0.2, 0.25) is 0 Å². The molecule has 0 bridgehead atoms. The van der Waals surface area contributed by atoms with E-state index in [0.717, 1.165) is 41.0 Å². The molecule has 0 aliphatic carbocycles. The molecule has 0 saturated carbocycles. The lowest BCUT2D eigenvalue weighted by molar-refractivity contribution is 0.307. The SMILES string of the molecule is Cc1nn(CCc2ccccc2)c(=O)c(/C=C/Cc2cccs2)c1-c1ccccc1OCc1ccccc1. The van der Waals surface area contributed by atoms with Crippen molar-refractivity contribution in [2.24, 2.45) is 0 Å². The van der Waals surface area contributed by atoms with Crippen LogP contribution in [0.25, 0.3) is 17.2 Å². The monoisotopic (exact) mass is 518 g/mol. The predicted molar refractivity (Wildman–Crippen MR) is 157 cm³/mol. The molecule has 190 valence electrons. The fourth-order valence-corrected chi connectivity index (χ4v) is 5.18. The first kappa shape index (κ1) is 25.4. The highest BCUT2D eigenvalue weighted by molar-refractivity contribution is 7.09. The minimum atomic E-state index is -0.0955. The highest BCUT2D eigenvalue weighted by Gasteiger charge is 2.18. The van der Waals surface area contributed by atoms with Crippen LogP contribution in [0.4, 0.5) is 0 Å². The van der Waals surface area contributed by atoms with Gasteiger partial charge in [0.15, 0.2) is 0 Å². The summed E-state index contributed by atoms with van der Waals surface area (Å²) in [6, 6.07) is 32.3. The highest BCUT2D eigenvalue weighted by Crippen LogP contribution is 2.34. The second kappa shape index (κ2) is 12.3. The quantitative estimate of drug-likeness (QED) is 0.194. The van der Waals surface area contributed by atoms with E-state index >= 15 is 0 Å². The van der Waals surface area contributed by atoms with Gasteiger partial charge in [0, 0.05) is 29.0 Å². The van der Waals surface area contributed by atoms with E-state index in [1.54, 1.807) is 16.0 Å². The number of hydrogen-bond donors (Lipinski definition) is 0. The van der Waals surface area contributed by atoms with Crippen LogP contribution in [0, 0.1) is 6.92 Å². The number of nitrogens with zero attached hydrogens (tertiary/aromatic N) is 2. The summed E-state index contributed by atoms with van der Waals surface area (Å²) in [7, 11) is 0. The average Bonchev–Trinajstić information content (AvgIpc) is 3.48. The topological polar surface area (TPSA) is 44.1 Å². The zero-order chi connectivity index (χ0) is 26.2. The molecule has 0 aliphatic heterocycles. The van der Waals surface area contributed by atoms with Crippen LogP contribution in [0.15, 0.2) is 113 Å². The maximum atomic E-state index is 13.8. The van der Waals surface area contributed by atoms with Crippen molar-refractivity contribution in [2.45, 2.75) is 32.9 Å². The van der Waals surface area contributed by atoms with Gasteiger partial charge in [-0.25, -0.2) is 4.68 Å². The molecule has 5 aromatic rings. The Labute approximate surface area is 227 Å². The van der Waals surface area contributed by atoms with E-state index in [1.165, 1.54) is 10.4 Å². The number of hydrogen-bond acceptors (Lipinski definition) is 4. The molecule has 0 amide bonds. The van der Waals surface area contributed by atoms with Crippen LogP contribution >= 0.6 is 11.3 Å². The molecule has 0 saturated heterocycles. The lowest BCUT2D eigenvalue weighted by Gasteiger charge is -2.17. The maximum Gasteiger partial charge on any atom is 0.274 e. The summed E-state index contributed by atoms with van der Waals surface area (Å²) >= 11 is 1.71. The number of ether oxygens (including phenoxy) is 1. The Bertz CT molecular complexity index is 1560. The normalized spacial score (nSPS) is 11.2. The molecule has 2 aromatic heterocycles. The van der Waals surface area contributed by atoms with Crippen molar-refractivity contribution in [2.75, 3.05) is 0 Å². The minimum Gasteiger partial charge on any atom is -0.488 e. The molecule has 0 spiro atoms. The van der Waals surface area contributed by atoms with Crippen LogP contribution in [0.1, 0.15) is 27.3 Å². The van der Waals surface area contributed by atoms with Crippen LogP contribution in [0.2, 0.25) is 0 Å². The number of para-hydroxylation sites is 1. The summed E-state index contributed by atoms with van der Waals surface area (Å²) < 4.78 is 7.87. The molecule has 0 N–H and O–H groups in total. The standard InChI is InChI=1S/C33H30N2O2S/c1-25-32(29-18-8-9-20-31(29)37-24-27-14-6-3-7-15-27)30(19-10-16-28-17-11-23-38-28)33(36)35(34-25)22-21-26-12-4-2-5-13-26/h2-15,17-20,23H,16,21-22,24H2,1H3/b19-10+. The van der Waals surface area contributed by atoms with Gasteiger partial charge in [-0.15, -0.1) is 11.3 Å². The van der Waals surface area contributed by atoms with Gasteiger partial charge in [0.05, 0.1) is 11.3 Å². The third-order valence-electron chi connectivity index (χ3n) is 6.40. The fraction of sp³-hybridized carbons (Fsp3) is 0.152. The van der Waals surface area contributed by atoms with E-state index in [0.29, 0.717) is 18.7 Å². The molecule has 0 radical (unpaired) electrons. The van der Waals surface area contributed by atoms with Crippen molar-refractivity contribution in [3.63, 3.8) is 0 Å². The van der Waals surface area contributed by atoms with Gasteiger partial charge < -0.3 is 4.74 Å². The van der Waals surface area contributed by atoms with Crippen molar-refractivity contribution in [1.82, 2.24) is 9.78 Å². The molecular weight excluding hydrogens is 488 g/mol. The Morgan fingerprint density at radius 3 is 2.32 bits per heavy atom. The third kappa shape index (κ3) is 6.18. The second-order valence-corrected chi connectivity index (χ2v) is 10.1. The highest BCUT2D eigenvalue weighted by atomic mass is 32.1. The smallest absolute Gasteiger partial charge is 0.274 e. The van der Waals surface area contributed by atoms with Gasteiger partial charge in [-0.1, -0.05) is 97.1 Å². The van der Waals surface area contributed by atoms with Crippen LogP contribution in [-0.4, -0.2) is 9.78 Å². The van der Waals surface area contributed by atoms with Crippen molar-refractivity contribution in [1.29, 1.82) is 0 Å². The molecule has 0 atom stereocenters. The molecule has 38 heavy (non-hydrogen) atoms. The maximum absolute atomic E-state index is 13.8. The van der Waals surface area contributed by atoms with Crippen molar-refractivity contribution >= 4 is 17.4 Å². The Kier molecular flexibility index (Phi) is 8.26. The van der Waals surface area contributed by atoms with Crippen LogP contribution in [-0.2, 0) is 26.0 Å². The minimum absolute atomic E-state index is 0.0955. The summed E-state index contributed by atoms with van der Waals surface area (Å²) in [6.07, 6.45) is 5.54. The van der Waals surface area contributed by atoms with Crippen LogP contribution in [0.3, 0.4) is 0 Å². The number of thiophene rings is 1. The lowest BCUT2D eigenvalue weighted by Crippen LogP contribution is -2.27. The van der Waals surface area contributed by atoms with Gasteiger partial charge in [0.1, 0.15) is 12.4 Å². The van der Waals surface area contributed by atoms with Gasteiger partial charge in [0.25, 0.3) is 5.56 Å². The van der Waals surface area contributed by atoms with E-state index in [9.17, 15) is 4.79 Å². The van der Waals surface area contributed by atoms with Crippen molar-refractivity contribution < 1.29 is 4.74 Å². The number of aromatic nitrogens is 2. The van der Waals surface area contributed by atoms with Crippen LogP contribution < -0.4 is 10.3 Å². The summed E-state index contributed by atoms with van der Waals surface area (Å²) in [5, 5.41) is 6.83. The first-order chi connectivity index (χ1) is 18.7. The second-order valence-electron chi connectivity index (χ2n) is 9.09. The molecular formula is C33H30N2O2S. The number of allylic oxidation sites excluding steroid dienone is 1. The number of benzene rings is 3. The molecule has 5 heteroatoms. The van der Waals surface area contributed by atoms with Crippen LogP contribution in [0.5, 0.6) is 5.75 Å². The van der Waals surface area contributed by atoms with Gasteiger partial charge in [-0.2, -0.15) is 5.10 Å². The molecule has 4 nitrogen and oxygen atoms in total. The van der Waals surface area contributed by atoms with E-state index in [2.05, 4.69) is 29.7 Å². The van der Waals surface area contributed by atoms with E-state index in [4.69, 9.17) is 9.84 Å². The molecule has 3 aromatic carbocycles. The van der Waals surface area contributed by atoms with Gasteiger partial charge in [-0.05, 0) is 42.0 Å². The molecule has 0 fully saturated rings. The zero-order valence-electron chi connectivity index (χ0n) is 21.4. The van der Waals surface area contributed by atoms with Gasteiger partial charge in [-0.3, -0.25) is 4.79 Å². The van der Waals surface area contributed by atoms with E-state index < -0.39 is 0 Å². The number of rotatable bonds is 10. The average molecular weight is 519 g/mol. The molecule has 2 heterocycles. The van der Waals surface area contributed by atoms with Crippen molar-refractivity contribution in [3.05, 3.63) is 146 Å². The first-order valence-electron chi connectivity index (χ1n) is 12.8. The zero-order valence-corrected chi connectivity index (χ0v) is 22.2. The first-order valence-corrected chi connectivity index (χ1v) is 13.7. The van der Waals surface area contributed by atoms with Gasteiger partial charge >= 0.3 is 0 Å². The Morgan fingerprint density at radius 2 is 1.58 bits per heavy atom. The molecule has 0 aliphatic rings. The summed E-state index contributed by atoms with van der Waals surface area (Å²) in [5.74, 6) is 0.732. The van der Waals surface area contributed by atoms with Crippen molar-refractivity contribution in [3.8, 4) is 16.9 Å². The van der Waals surface area contributed by atoms with E-state index in [1.807, 2.05) is 91.9 Å². The molecule has 0 unspecified atom stereocenters. The summed E-state index contributed by atoms with van der Waals surface area (Å²) in [5.41, 5.74) is 5.29. The summed E-state index contributed by atoms with van der Waals surface area (Å²) in [4.78, 5) is 15.1. The predicted octanol–water partition coefficient (Wildman–Crippen LogP) is 7.36. The Balaban J connectivity index is 1.52. The third-order valence-corrected chi connectivity index (χ3v) is 7.30. The fourth-order valence-electron chi connectivity index (χ4n) is 4.50. The largest absolute Gasteiger partial charge is 0.488 e. The summed E-state index contributed by atoms with van der Waals surface area (Å²) in [6.45, 7) is 2.93.